The van der Waals surface area contributed by atoms with Gasteiger partial charge < -0.3 is 15.4 Å². The Kier molecular flexibility index (Phi) is 4.29. The molecule has 0 saturated carbocycles. The first kappa shape index (κ1) is 13.0. The standard InChI is InChI=1S/C11H20N2O3/c1-7(2)9(11(15)16-3)13-6-4-5-8(12)10(13)14/h7-9H,4-6,12H2,1-3H3. The summed E-state index contributed by atoms with van der Waals surface area (Å²) in [7, 11) is 1.34. The molecule has 1 aliphatic rings. The van der Waals surface area contributed by atoms with Gasteiger partial charge in [-0.1, -0.05) is 13.8 Å². The van der Waals surface area contributed by atoms with Gasteiger partial charge in [0.2, 0.25) is 5.91 Å². The minimum Gasteiger partial charge on any atom is -0.467 e. The van der Waals surface area contributed by atoms with Crippen LogP contribution in [0.3, 0.4) is 0 Å². The van der Waals surface area contributed by atoms with Gasteiger partial charge in [-0.2, -0.15) is 0 Å². The first-order valence-corrected chi connectivity index (χ1v) is 5.63. The molecule has 0 aromatic carbocycles. The zero-order valence-corrected chi connectivity index (χ0v) is 10.1. The smallest absolute Gasteiger partial charge is 0.328 e. The fraction of sp³-hybridized carbons (Fsp3) is 0.818. The van der Waals surface area contributed by atoms with Crippen molar-refractivity contribution < 1.29 is 14.3 Å². The highest BCUT2D eigenvalue weighted by Gasteiger charge is 2.37. The number of hydrogen-bond acceptors (Lipinski definition) is 4. The van der Waals surface area contributed by atoms with Crippen LogP contribution >= 0.6 is 0 Å². The number of carbonyl (C=O) groups is 2. The van der Waals surface area contributed by atoms with Crippen LogP contribution in [0.2, 0.25) is 0 Å². The summed E-state index contributed by atoms with van der Waals surface area (Å²) in [5.41, 5.74) is 5.70. The van der Waals surface area contributed by atoms with Gasteiger partial charge in [-0.15, -0.1) is 0 Å². The minimum absolute atomic E-state index is 0.0294. The summed E-state index contributed by atoms with van der Waals surface area (Å²) < 4.78 is 4.74. The Morgan fingerprint density at radius 1 is 1.56 bits per heavy atom. The molecular weight excluding hydrogens is 208 g/mol. The molecule has 1 amide bonds. The van der Waals surface area contributed by atoms with Crippen molar-refractivity contribution in [2.75, 3.05) is 13.7 Å². The highest BCUT2D eigenvalue weighted by atomic mass is 16.5. The van der Waals surface area contributed by atoms with Gasteiger partial charge >= 0.3 is 5.97 Å². The number of nitrogens with two attached hydrogens (primary N) is 1. The van der Waals surface area contributed by atoms with Crippen molar-refractivity contribution in [3.05, 3.63) is 0 Å². The predicted octanol–water partition coefficient (Wildman–Crippen LogP) is 0.134. The van der Waals surface area contributed by atoms with Gasteiger partial charge in [-0.05, 0) is 18.8 Å². The molecule has 0 aromatic rings. The first-order valence-electron chi connectivity index (χ1n) is 5.63. The molecular formula is C11H20N2O3. The lowest BCUT2D eigenvalue weighted by atomic mass is 9.97. The quantitative estimate of drug-likeness (QED) is 0.697. The van der Waals surface area contributed by atoms with Gasteiger partial charge in [-0.3, -0.25) is 4.79 Å². The highest BCUT2D eigenvalue weighted by Crippen LogP contribution is 2.19. The Hall–Kier alpha value is -1.10. The lowest BCUT2D eigenvalue weighted by Crippen LogP contribution is -2.56. The molecule has 0 radical (unpaired) electrons. The molecule has 1 saturated heterocycles. The molecule has 2 N–H and O–H groups in total. The number of esters is 1. The molecule has 0 bridgehead atoms. The number of rotatable bonds is 3. The maximum atomic E-state index is 11.9. The SMILES string of the molecule is COC(=O)C(C(C)C)N1CCCC(N)C1=O. The van der Waals surface area contributed by atoms with E-state index in [2.05, 4.69) is 0 Å². The van der Waals surface area contributed by atoms with E-state index in [1.807, 2.05) is 13.8 Å². The summed E-state index contributed by atoms with van der Waals surface area (Å²) in [5.74, 6) is -0.477. The van der Waals surface area contributed by atoms with Crippen molar-refractivity contribution in [3.8, 4) is 0 Å². The molecule has 5 heteroatoms. The Morgan fingerprint density at radius 2 is 2.19 bits per heavy atom. The molecule has 0 spiro atoms. The number of likely N-dealkylation sites (tertiary alicyclic amines) is 1. The van der Waals surface area contributed by atoms with Crippen LogP contribution in [0.5, 0.6) is 0 Å². The molecule has 2 atom stereocenters. The van der Waals surface area contributed by atoms with E-state index in [1.54, 1.807) is 4.90 Å². The Bertz CT molecular complexity index is 278. The third-order valence-electron chi connectivity index (χ3n) is 2.92. The number of carbonyl (C=O) groups excluding carboxylic acids is 2. The monoisotopic (exact) mass is 228 g/mol. The van der Waals surface area contributed by atoms with Crippen LogP contribution in [0, 0.1) is 5.92 Å². The van der Waals surface area contributed by atoms with E-state index in [0.29, 0.717) is 13.0 Å². The maximum Gasteiger partial charge on any atom is 0.328 e. The van der Waals surface area contributed by atoms with Gasteiger partial charge in [0.15, 0.2) is 0 Å². The zero-order chi connectivity index (χ0) is 12.3. The first-order chi connectivity index (χ1) is 7.49. The van der Waals surface area contributed by atoms with Gasteiger partial charge in [0.05, 0.1) is 13.2 Å². The van der Waals surface area contributed by atoms with E-state index >= 15 is 0 Å². The maximum absolute atomic E-state index is 11.9. The molecule has 1 fully saturated rings. The lowest BCUT2D eigenvalue weighted by molar-refractivity contribution is -0.156. The van der Waals surface area contributed by atoms with Crippen molar-refractivity contribution in [2.45, 2.75) is 38.8 Å². The largest absolute Gasteiger partial charge is 0.467 e. The van der Waals surface area contributed by atoms with Crippen molar-refractivity contribution in [1.82, 2.24) is 4.90 Å². The summed E-state index contributed by atoms with van der Waals surface area (Å²) in [6.45, 7) is 4.38. The lowest BCUT2D eigenvalue weighted by Gasteiger charge is -2.37. The van der Waals surface area contributed by atoms with Crippen LogP contribution < -0.4 is 5.73 Å². The summed E-state index contributed by atoms with van der Waals surface area (Å²) in [5, 5.41) is 0. The van der Waals surface area contributed by atoms with Crippen molar-refractivity contribution in [3.63, 3.8) is 0 Å². The fourth-order valence-electron chi connectivity index (χ4n) is 2.08. The molecule has 16 heavy (non-hydrogen) atoms. The van der Waals surface area contributed by atoms with E-state index in [9.17, 15) is 9.59 Å². The summed E-state index contributed by atoms with van der Waals surface area (Å²) >= 11 is 0. The van der Waals surface area contributed by atoms with Crippen molar-refractivity contribution >= 4 is 11.9 Å². The Labute approximate surface area is 95.9 Å². The van der Waals surface area contributed by atoms with Gasteiger partial charge in [0.1, 0.15) is 6.04 Å². The van der Waals surface area contributed by atoms with E-state index in [4.69, 9.17) is 10.5 Å². The number of piperidine rings is 1. The van der Waals surface area contributed by atoms with Crippen LogP contribution in [0.1, 0.15) is 26.7 Å². The minimum atomic E-state index is -0.510. The summed E-state index contributed by atoms with van der Waals surface area (Å²) in [4.78, 5) is 25.1. The van der Waals surface area contributed by atoms with Gasteiger partial charge in [0, 0.05) is 6.54 Å². The fourth-order valence-corrected chi connectivity index (χ4v) is 2.08. The molecule has 0 aromatic heterocycles. The third kappa shape index (κ3) is 2.52. The number of methoxy groups -OCH3 is 1. The van der Waals surface area contributed by atoms with Gasteiger partial charge in [0.25, 0.3) is 0 Å². The molecule has 1 rings (SSSR count). The van der Waals surface area contributed by atoms with Crippen LogP contribution in [0.4, 0.5) is 0 Å². The molecule has 5 nitrogen and oxygen atoms in total. The van der Waals surface area contributed by atoms with Crippen LogP contribution in [-0.4, -0.2) is 42.5 Å². The second-order valence-corrected chi connectivity index (χ2v) is 4.49. The topological polar surface area (TPSA) is 72.6 Å². The molecule has 2 unspecified atom stereocenters. The second kappa shape index (κ2) is 5.30. The van der Waals surface area contributed by atoms with E-state index in [-0.39, 0.29) is 17.8 Å². The number of nitrogens with zero attached hydrogens (tertiary/aromatic N) is 1. The average Bonchev–Trinajstić information content (AvgIpc) is 2.24. The Balaban J connectivity index is 2.85. The molecule has 92 valence electrons. The summed E-state index contributed by atoms with van der Waals surface area (Å²) in [6.07, 6.45) is 1.54. The van der Waals surface area contributed by atoms with Crippen molar-refractivity contribution in [2.24, 2.45) is 11.7 Å². The van der Waals surface area contributed by atoms with Crippen molar-refractivity contribution in [1.29, 1.82) is 0 Å². The van der Waals surface area contributed by atoms with E-state index in [0.717, 1.165) is 6.42 Å². The molecule has 0 aliphatic carbocycles. The van der Waals surface area contributed by atoms with Crippen LogP contribution in [0.15, 0.2) is 0 Å². The Morgan fingerprint density at radius 3 is 2.69 bits per heavy atom. The number of amides is 1. The average molecular weight is 228 g/mol. The number of ether oxygens (including phenoxy) is 1. The second-order valence-electron chi connectivity index (χ2n) is 4.49. The zero-order valence-electron chi connectivity index (χ0n) is 10.1. The predicted molar refractivity (Wildman–Crippen MR) is 59.6 cm³/mol. The third-order valence-corrected chi connectivity index (χ3v) is 2.92. The molecule has 1 heterocycles. The number of hydrogen-bond donors (Lipinski definition) is 1. The van der Waals surface area contributed by atoms with E-state index < -0.39 is 12.1 Å². The summed E-state index contributed by atoms with van der Waals surface area (Å²) in [6, 6.07) is -0.983. The highest BCUT2D eigenvalue weighted by molar-refractivity contribution is 5.88. The molecule has 1 aliphatic heterocycles. The van der Waals surface area contributed by atoms with E-state index in [1.165, 1.54) is 7.11 Å². The normalized spacial score (nSPS) is 23.4. The van der Waals surface area contributed by atoms with Crippen LogP contribution in [0.25, 0.3) is 0 Å². The van der Waals surface area contributed by atoms with Gasteiger partial charge in [-0.25, -0.2) is 4.79 Å². The van der Waals surface area contributed by atoms with Crippen LogP contribution in [-0.2, 0) is 14.3 Å².